The second kappa shape index (κ2) is 9.32. The van der Waals surface area contributed by atoms with Crippen molar-refractivity contribution in [3.8, 4) is 0 Å². The fraction of sp³-hybridized carbons (Fsp3) is 0.579. The Hall–Kier alpha value is -1.21. The maximum atomic E-state index is 13.8. The van der Waals surface area contributed by atoms with Gasteiger partial charge in [-0.2, -0.15) is 0 Å². The molecule has 0 atom stereocenters. The monoisotopic (exact) mass is 418 g/mol. The fourth-order valence-electron chi connectivity index (χ4n) is 4.67. The molecule has 5 nitrogen and oxygen atoms in total. The molecule has 1 spiro atoms. The zero-order chi connectivity index (χ0) is 17.3. The number of carbonyl (C=O) groups excluding carboxylic acids is 1. The summed E-state index contributed by atoms with van der Waals surface area (Å²) >= 11 is 0. The van der Waals surface area contributed by atoms with Gasteiger partial charge in [-0.1, -0.05) is 12.5 Å². The molecule has 150 valence electrons. The van der Waals surface area contributed by atoms with Crippen LogP contribution in [0.2, 0.25) is 0 Å². The van der Waals surface area contributed by atoms with Gasteiger partial charge in [0.2, 0.25) is 5.84 Å². The molecule has 1 aromatic rings. The van der Waals surface area contributed by atoms with E-state index < -0.39 is 5.54 Å². The first kappa shape index (κ1) is 22.1. The first-order valence-corrected chi connectivity index (χ1v) is 9.54. The van der Waals surface area contributed by atoms with Gasteiger partial charge in [-0.15, -0.1) is 29.8 Å². The van der Waals surface area contributed by atoms with Crippen molar-refractivity contribution in [1.29, 1.82) is 0 Å². The van der Waals surface area contributed by atoms with Gasteiger partial charge in [0.25, 0.3) is 0 Å². The number of amidine groups is 1. The van der Waals surface area contributed by atoms with Gasteiger partial charge in [0.15, 0.2) is 5.54 Å². The lowest BCUT2D eigenvalue weighted by Crippen LogP contribution is -2.99. The molecule has 0 aromatic heterocycles. The standard InChI is InChI=1S/C19H25FN4O.2ClH/c20-14-5-4-8-16(13-14)24-18(25)23-17(19(24)9-11-21-12-10-19)22-15-6-2-1-3-7-15;;/h4-5,8,13,15,21H,1-3,6-7,9-12H2,(H,22,23,25);2*1H/p+2. The van der Waals surface area contributed by atoms with E-state index in [4.69, 9.17) is 0 Å². The van der Waals surface area contributed by atoms with Gasteiger partial charge in [-0.05, 0) is 43.9 Å². The Balaban J connectivity index is 0.00000131. The zero-order valence-electron chi connectivity index (χ0n) is 15.4. The van der Waals surface area contributed by atoms with Crippen LogP contribution >= 0.6 is 24.8 Å². The highest BCUT2D eigenvalue weighted by Crippen LogP contribution is 2.35. The summed E-state index contributed by atoms with van der Waals surface area (Å²) in [6, 6.07) is 6.65. The Labute approximate surface area is 172 Å². The van der Waals surface area contributed by atoms with Crippen LogP contribution in [0.3, 0.4) is 0 Å². The Morgan fingerprint density at radius 2 is 1.85 bits per heavy atom. The SMILES string of the molecule is Cl.Cl.O=C1N=C([NH2+]C2CCCCC2)C2(CC[NH2+]CC2)N1c1cccc(F)c1. The third-order valence-corrected chi connectivity index (χ3v) is 5.95. The maximum absolute atomic E-state index is 13.8. The number of halogens is 3. The molecule has 2 aliphatic heterocycles. The van der Waals surface area contributed by atoms with Crippen molar-refractivity contribution < 1.29 is 19.8 Å². The molecule has 4 rings (SSSR count). The van der Waals surface area contributed by atoms with E-state index in [1.54, 1.807) is 11.0 Å². The van der Waals surface area contributed by atoms with Crippen LogP contribution in [-0.4, -0.2) is 36.5 Å². The van der Waals surface area contributed by atoms with Crippen LogP contribution in [0, 0.1) is 5.82 Å². The second-order valence-electron chi connectivity index (χ2n) is 7.56. The average molecular weight is 419 g/mol. The third kappa shape index (κ3) is 4.29. The van der Waals surface area contributed by atoms with Gasteiger partial charge in [-0.25, -0.2) is 9.18 Å². The molecular formula is C19H29Cl2FN4O+2. The molecule has 0 bridgehead atoms. The molecule has 2 fully saturated rings. The molecule has 1 aromatic carbocycles. The van der Waals surface area contributed by atoms with E-state index in [9.17, 15) is 9.18 Å². The third-order valence-electron chi connectivity index (χ3n) is 5.95. The lowest BCUT2D eigenvalue weighted by atomic mass is 9.84. The molecule has 1 aliphatic carbocycles. The topological polar surface area (TPSA) is 65.9 Å². The molecule has 0 radical (unpaired) electrons. The lowest BCUT2D eigenvalue weighted by Gasteiger charge is -2.39. The highest BCUT2D eigenvalue weighted by atomic mass is 35.5. The number of carbonyl (C=O) groups is 1. The Morgan fingerprint density at radius 1 is 1.15 bits per heavy atom. The Kier molecular flexibility index (Phi) is 7.63. The quantitative estimate of drug-likeness (QED) is 0.757. The van der Waals surface area contributed by atoms with Crippen molar-refractivity contribution in [3.05, 3.63) is 30.1 Å². The molecule has 2 heterocycles. The van der Waals surface area contributed by atoms with Gasteiger partial charge in [-0.3, -0.25) is 10.2 Å². The van der Waals surface area contributed by atoms with Gasteiger partial charge < -0.3 is 5.32 Å². The van der Waals surface area contributed by atoms with Gasteiger partial charge in [0, 0.05) is 18.5 Å². The van der Waals surface area contributed by atoms with Crippen molar-refractivity contribution in [1.82, 2.24) is 0 Å². The number of anilines is 1. The molecule has 1 saturated heterocycles. The van der Waals surface area contributed by atoms with E-state index in [1.807, 2.05) is 6.07 Å². The smallest absolute Gasteiger partial charge is 0.346 e. The molecule has 3 aliphatic rings. The summed E-state index contributed by atoms with van der Waals surface area (Å²) in [7, 11) is 0. The molecule has 27 heavy (non-hydrogen) atoms. The minimum atomic E-state index is -0.392. The van der Waals surface area contributed by atoms with E-state index in [-0.39, 0.29) is 36.7 Å². The highest BCUT2D eigenvalue weighted by molar-refractivity contribution is 6.13. The molecule has 4 N–H and O–H groups in total. The average Bonchev–Trinajstić information content (AvgIpc) is 2.87. The number of hydrogen-bond donors (Lipinski definition) is 2. The number of nitrogens with two attached hydrogens (primary N) is 2. The van der Waals surface area contributed by atoms with Crippen molar-refractivity contribution in [3.63, 3.8) is 0 Å². The van der Waals surface area contributed by atoms with Crippen LogP contribution in [0.25, 0.3) is 0 Å². The van der Waals surface area contributed by atoms with Crippen LogP contribution < -0.4 is 15.5 Å². The maximum Gasteiger partial charge on any atom is 0.353 e. The zero-order valence-corrected chi connectivity index (χ0v) is 17.0. The highest BCUT2D eigenvalue weighted by Gasteiger charge is 2.55. The fourth-order valence-corrected chi connectivity index (χ4v) is 4.67. The largest absolute Gasteiger partial charge is 0.353 e. The predicted octanol–water partition coefficient (Wildman–Crippen LogP) is 2.00. The van der Waals surface area contributed by atoms with E-state index in [2.05, 4.69) is 15.6 Å². The van der Waals surface area contributed by atoms with Crippen molar-refractivity contribution in [2.24, 2.45) is 4.99 Å². The first-order valence-electron chi connectivity index (χ1n) is 9.54. The number of rotatable bonds is 2. The summed E-state index contributed by atoms with van der Waals surface area (Å²) in [5.74, 6) is 0.620. The number of hydrogen-bond acceptors (Lipinski definition) is 1. The Bertz CT molecular complexity index is 688. The van der Waals surface area contributed by atoms with E-state index in [0.29, 0.717) is 11.7 Å². The minimum Gasteiger partial charge on any atom is -0.346 e. The predicted molar refractivity (Wildman–Crippen MR) is 109 cm³/mol. The summed E-state index contributed by atoms with van der Waals surface area (Å²) in [4.78, 5) is 19.0. The number of amides is 2. The molecule has 0 unspecified atom stereocenters. The number of urea groups is 1. The van der Waals surface area contributed by atoms with Crippen LogP contribution in [0.4, 0.5) is 14.9 Å². The summed E-state index contributed by atoms with van der Waals surface area (Å²) in [6.45, 7) is 1.94. The van der Waals surface area contributed by atoms with Crippen molar-refractivity contribution >= 4 is 42.4 Å². The van der Waals surface area contributed by atoms with Crippen LogP contribution in [0.1, 0.15) is 44.9 Å². The summed E-state index contributed by atoms with van der Waals surface area (Å²) in [5, 5.41) is 4.55. The number of piperidine rings is 1. The van der Waals surface area contributed by atoms with E-state index in [1.165, 1.54) is 44.2 Å². The molecule has 1 saturated carbocycles. The molecular weight excluding hydrogens is 390 g/mol. The Morgan fingerprint density at radius 3 is 2.52 bits per heavy atom. The summed E-state index contributed by atoms with van der Waals surface area (Å²) < 4.78 is 13.8. The summed E-state index contributed by atoms with van der Waals surface area (Å²) in [6.07, 6.45) is 7.96. The van der Waals surface area contributed by atoms with Gasteiger partial charge >= 0.3 is 6.03 Å². The minimum absolute atomic E-state index is 0. The van der Waals surface area contributed by atoms with E-state index in [0.717, 1.165) is 31.8 Å². The first-order chi connectivity index (χ1) is 12.2. The van der Waals surface area contributed by atoms with Crippen molar-refractivity contribution in [2.45, 2.75) is 56.5 Å². The summed E-state index contributed by atoms with van der Waals surface area (Å²) in [5.41, 5.74) is 0.236. The normalized spacial score (nSPS) is 22.2. The lowest BCUT2D eigenvalue weighted by molar-refractivity contribution is -0.666. The van der Waals surface area contributed by atoms with Crippen LogP contribution in [0.15, 0.2) is 29.3 Å². The van der Waals surface area contributed by atoms with Gasteiger partial charge in [0.05, 0.1) is 19.1 Å². The molecule has 2 amide bonds. The number of benzene rings is 1. The number of nitrogens with zero attached hydrogens (tertiary/aromatic N) is 2. The molecule has 8 heteroatoms. The van der Waals surface area contributed by atoms with E-state index >= 15 is 0 Å². The van der Waals surface area contributed by atoms with Gasteiger partial charge in [0.1, 0.15) is 5.82 Å². The number of aliphatic imine (C=N–C) groups is 1. The van der Waals surface area contributed by atoms with Crippen LogP contribution in [0.5, 0.6) is 0 Å². The number of quaternary nitrogens is 2. The second-order valence-corrected chi connectivity index (χ2v) is 7.56. The van der Waals surface area contributed by atoms with Crippen LogP contribution in [-0.2, 0) is 0 Å². The van der Waals surface area contributed by atoms with Crippen molar-refractivity contribution in [2.75, 3.05) is 18.0 Å².